The fourth-order valence-electron chi connectivity index (χ4n) is 2.80. The van der Waals surface area contributed by atoms with Crippen molar-refractivity contribution in [2.45, 2.75) is 38.0 Å². The van der Waals surface area contributed by atoms with Gasteiger partial charge in [-0.05, 0) is 25.0 Å². The summed E-state index contributed by atoms with van der Waals surface area (Å²) in [6.45, 7) is 0. The SMILES string of the molecule is O=c1cc(C2CCCCC2)oc2cccc(O)c12. The Morgan fingerprint density at radius 2 is 1.94 bits per heavy atom. The Balaban J connectivity index is 2.12. The van der Waals surface area contributed by atoms with Crippen molar-refractivity contribution in [1.29, 1.82) is 0 Å². The van der Waals surface area contributed by atoms with Crippen molar-refractivity contribution in [2.75, 3.05) is 0 Å². The standard InChI is InChI=1S/C15H16O3/c16-11-7-4-8-13-15(11)12(17)9-14(18-13)10-5-2-1-3-6-10/h4,7-10,16H,1-3,5-6H2. The van der Waals surface area contributed by atoms with Crippen molar-refractivity contribution in [3.8, 4) is 5.75 Å². The molecule has 94 valence electrons. The van der Waals surface area contributed by atoms with E-state index >= 15 is 0 Å². The van der Waals surface area contributed by atoms with Crippen LogP contribution < -0.4 is 5.43 Å². The molecule has 0 atom stereocenters. The molecule has 1 aliphatic carbocycles. The molecule has 1 aromatic heterocycles. The van der Waals surface area contributed by atoms with Gasteiger partial charge >= 0.3 is 0 Å². The smallest absolute Gasteiger partial charge is 0.196 e. The van der Waals surface area contributed by atoms with Crippen molar-refractivity contribution in [2.24, 2.45) is 0 Å². The first kappa shape index (κ1) is 11.3. The molecule has 1 N–H and O–H groups in total. The first-order valence-electron chi connectivity index (χ1n) is 6.51. The third-order valence-corrected chi connectivity index (χ3v) is 3.76. The van der Waals surface area contributed by atoms with E-state index in [0.29, 0.717) is 11.5 Å². The first-order valence-corrected chi connectivity index (χ1v) is 6.51. The number of benzene rings is 1. The molecule has 1 saturated carbocycles. The lowest BCUT2D eigenvalue weighted by atomic mass is 9.87. The van der Waals surface area contributed by atoms with Crippen molar-refractivity contribution < 1.29 is 9.52 Å². The summed E-state index contributed by atoms with van der Waals surface area (Å²) in [6.07, 6.45) is 5.86. The molecule has 0 bridgehead atoms. The Kier molecular flexibility index (Phi) is 2.82. The van der Waals surface area contributed by atoms with Crippen LogP contribution in [0.5, 0.6) is 5.75 Å². The third kappa shape index (κ3) is 1.90. The number of hydrogen-bond donors (Lipinski definition) is 1. The van der Waals surface area contributed by atoms with E-state index in [4.69, 9.17) is 4.42 Å². The highest BCUT2D eigenvalue weighted by Gasteiger charge is 2.19. The maximum atomic E-state index is 12.0. The van der Waals surface area contributed by atoms with Crippen LogP contribution in [0.3, 0.4) is 0 Å². The Labute approximate surface area is 105 Å². The summed E-state index contributed by atoms with van der Waals surface area (Å²) >= 11 is 0. The van der Waals surface area contributed by atoms with Gasteiger partial charge in [0.1, 0.15) is 22.5 Å². The van der Waals surface area contributed by atoms with E-state index in [1.165, 1.54) is 25.3 Å². The van der Waals surface area contributed by atoms with Gasteiger partial charge in [0.15, 0.2) is 5.43 Å². The van der Waals surface area contributed by atoms with E-state index in [1.54, 1.807) is 18.2 Å². The highest BCUT2D eigenvalue weighted by atomic mass is 16.3. The number of phenolic OH excluding ortho intramolecular Hbond substituents is 1. The topological polar surface area (TPSA) is 50.4 Å². The van der Waals surface area contributed by atoms with E-state index in [0.717, 1.165) is 18.6 Å². The maximum absolute atomic E-state index is 12.0. The van der Waals surface area contributed by atoms with Gasteiger partial charge in [-0.25, -0.2) is 0 Å². The number of fused-ring (bicyclic) bond motifs is 1. The van der Waals surface area contributed by atoms with Crippen LogP contribution in [-0.4, -0.2) is 5.11 Å². The average Bonchev–Trinajstić information content (AvgIpc) is 2.39. The van der Waals surface area contributed by atoms with Crippen LogP contribution in [0.2, 0.25) is 0 Å². The summed E-state index contributed by atoms with van der Waals surface area (Å²) in [7, 11) is 0. The second kappa shape index (κ2) is 4.48. The highest BCUT2D eigenvalue weighted by molar-refractivity contribution is 5.82. The molecule has 1 aliphatic rings. The number of phenols is 1. The quantitative estimate of drug-likeness (QED) is 0.834. The van der Waals surface area contributed by atoms with E-state index in [9.17, 15) is 9.90 Å². The van der Waals surface area contributed by atoms with Crippen LogP contribution in [0, 0.1) is 0 Å². The molecule has 0 radical (unpaired) electrons. The second-order valence-electron chi connectivity index (χ2n) is 5.00. The summed E-state index contributed by atoms with van der Waals surface area (Å²) < 4.78 is 5.80. The molecule has 2 aromatic rings. The summed E-state index contributed by atoms with van der Waals surface area (Å²) in [5.41, 5.74) is 0.345. The molecule has 1 fully saturated rings. The van der Waals surface area contributed by atoms with Gasteiger partial charge in [-0.3, -0.25) is 4.79 Å². The van der Waals surface area contributed by atoms with Crippen LogP contribution >= 0.6 is 0 Å². The van der Waals surface area contributed by atoms with Crippen molar-refractivity contribution in [3.63, 3.8) is 0 Å². The summed E-state index contributed by atoms with van der Waals surface area (Å²) in [5.74, 6) is 1.13. The molecule has 3 nitrogen and oxygen atoms in total. The Morgan fingerprint density at radius 3 is 2.72 bits per heavy atom. The molecule has 1 heterocycles. The highest BCUT2D eigenvalue weighted by Crippen LogP contribution is 2.33. The lowest BCUT2D eigenvalue weighted by Crippen LogP contribution is -2.09. The van der Waals surface area contributed by atoms with Gasteiger partial charge in [0.25, 0.3) is 0 Å². The Hall–Kier alpha value is -1.77. The molecule has 0 amide bonds. The van der Waals surface area contributed by atoms with E-state index < -0.39 is 0 Å². The number of rotatable bonds is 1. The predicted molar refractivity (Wildman–Crippen MR) is 70.0 cm³/mol. The minimum absolute atomic E-state index is 0.00329. The first-order chi connectivity index (χ1) is 8.75. The van der Waals surface area contributed by atoms with Gasteiger partial charge in [0, 0.05) is 12.0 Å². The number of hydrogen-bond acceptors (Lipinski definition) is 3. The van der Waals surface area contributed by atoms with E-state index in [1.807, 2.05) is 0 Å². The Morgan fingerprint density at radius 1 is 1.17 bits per heavy atom. The normalized spacial score (nSPS) is 17.1. The Bertz CT molecular complexity index is 621. The van der Waals surface area contributed by atoms with Crippen LogP contribution in [0.4, 0.5) is 0 Å². The largest absolute Gasteiger partial charge is 0.507 e. The number of aromatic hydroxyl groups is 1. The van der Waals surface area contributed by atoms with Gasteiger partial charge in [0.05, 0.1) is 0 Å². The molecule has 3 heteroatoms. The third-order valence-electron chi connectivity index (χ3n) is 3.76. The van der Waals surface area contributed by atoms with Crippen molar-refractivity contribution in [1.82, 2.24) is 0 Å². The van der Waals surface area contributed by atoms with Crippen molar-refractivity contribution in [3.05, 3.63) is 40.2 Å². The summed E-state index contributed by atoms with van der Waals surface area (Å²) in [5, 5.41) is 9.98. The van der Waals surface area contributed by atoms with Gasteiger partial charge in [-0.1, -0.05) is 25.3 Å². The molecule has 0 spiro atoms. The van der Waals surface area contributed by atoms with Gasteiger partial charge in [-0.2, -0.15) is 0 Å². The minimum Gasteiger partial charge on any atom is -0.507 e. The monoisotopic (exact) mass is 244 g/mol. The van der Waals surface area contributed by atoms with Crippen molar-refractivity contribution >= 4 is 11.0 Å². The lowest BCUT2D eigenvalue weighted by Gasteiger charge is -2.20. The molecule has 3 rings (SSSR count). The van der Waals surface area contributed by atoms with Gasteiger partial charge in [-0.15, -0.1) is 0 Å². The van der Waals surface area contributed by atoms with Gasteiger partial charge in [0.2, 0.25) is 0 Å². The van der Waals surface area contributed by atoms with E-state index in [2.05, 4.69) is 0 Å². The molecule has 18 heavy (non-hydrogen) atoms. The van der Waals surface area contributed by atoms with E-state index in [-0.39, 0.29) is 16.6 Å². The summed E-state index contributed by atoms with van der Waals surface area (Å²) in [6, 6.07) is 6.51. The molecule has 0 unspecified atom stereocenters. The lowest BCUT2D eigenvalue weighted by molar-refractivity contribution is 0.379. The zero-order chi connectivity index (χ0) is 12.5. The fraction of sp³-hybridized carbons (Fsp3) is 0.400. The predicted octanol–water partition coefficient (Wildman–Crippen LogP) is 3.55. The van der Waals surface area contributed by atoms with Crippen LogP contribution in [0.15, 0.2) is 33.5 Å². The zero-order valence-electron chi connectivity index (χ0n) is 10.2. The summed E-state index contributed by atoms with van der Waals surface area (Å²) in [4.78, 5) is 12.0. The molecule has 0 saturated heterocycles. The second-order valence-corrected chi connectivity index (χ2v) is 5.00. The molecular formula is C15H16O3. The van der Waals surface area contributed by atoms with Gasteiger partial charge < -0.3 is 9.52 Å². The zero-order valence-corrected chi connectivity index (χ0v) is 10.2. The van der Waals surface area contributed by atoms with Crippen LogP contribution in [0.1, 0.15) is 43.8 Å². The molecule has 0 aliphatic heterocycles. The van der Waals surface area contributed by atoms with Crippen LogP contribution in [0.25, 0.3) is 11.0 Å². The molecule has 1 aromatic carbocycles. The average molecular weight is 244 g/mol. The molecular weight excluding hydrogens is 228 g/mol. The van der Waals surface area contributed by atoms with Crippen LogP contribution in [-0.2, 0) is 0 Å². The fourth-order valence-corrected chi connectivity index (χ4v) is 2.80. The maximum Gasteiger partial charge on any atom is 0.196 e. The minimum atomic E-state index is -0.144.